The van der Waals surface area contributed by atoms with Crippen LogP contribution in [-0.2, 0) is 0 Å². The van der Waals surface area contributed by atoms with Gasteiger partial charge in [-0.05, 0) is 107 Å². The molecule has 12 aromatic rings. The Kier molecular flexibility index (Phi) is 9.32. The minimum Gasteiger partial charge on any atom is -0.264 e. The number of hydrogen-bond acceptors (Lipinski definition) is 3. The highest BCUT2D eigenvalue weighted by Gasteiger charge is 2.52. The van der Waals surface area contributed by atoms with Gasteiger partial charge in [-0.25, -0.2) is 0 Å². The van der Waals surface area contributed by atoms with Gasteiger partial charge in [-0.1, -0.05) is 212 Å². The zero-order valence-electron chi connectivity index (χ0n) is 37.9. The molecular weight excluding hydrogens is 855 g/mol. The van der Waals surface area contributed by atoms with Gasteiger partial charge in [0.1, 0.15) is 0 Å². The zero-order valence-corrected chi connectivity index (χ0v) is 39.9. The van der Waals surface area contributed by atoms with Crippen LogP contribution >= 0.6 is 0 Å². The molecule has 320 valence electrons. The summed E-state index contributed by atoms with van der Waals surface area (Å²) >= 11 is 0. The molecule has 3 nitrogen and oxygen atoms in total. The molecule has 0 saturated heterocycles. The fraction of sp³-hybridized carbons (Fsp3) is 0.0317. The Labute approximate surface area is 398 Å². The first-order chi connectivity index (χ1) is 33.6. The molecule has 0 fully saturated rings. The number of benzene rings is 9. The van der Waals surface area contributed by atoms with Crippen LogP contribution in [0.15, 0.2) is 237 Å². The van der Waals surface area contributed by atoms with E-state index in [1.54, 1.807) is 0 Å². The van der Waals surface area contributed by atoms with Gasteiger partial charge in [0.05, 0.1) is 11.0 Å². The summed E-state index contributed by atoms with van der Waals surface area (Å²) in [5, 5.41) is 18.9. The summed E-state index contributed by atoms with van der Waals surface area (Å²) in [5.74, 6) is 0. The summed E-state index contributed by atoms with van der Waals surface area (Å²) in [4.78, 5) is 15.1. The normalized spacial score (nSPS) is 13.7. The Bertz CT molecular complexity index is 3590. The summed E-state index contributed by atoms with van der Waals surface area (Å²) < 4.78 is 0. The first-order valence-corrected chi connectivity index (χ1v) is 27.5. The average molecular weight is 900 g/mol. The smallest absolute Gasteiger partial charge is 0.203 e. The fourth-order valence-corrected chi connectivity index (χ4v) is 22.7. The van der Waals surface area contributed by atoms with Crippen LogP contribution in [0.1, 0.15) is 11.3 Å². The van der Waals surface area contributed by atoms with Crippen molar-refractivity contribution in [3.8, 4) is 22.3 Å². The van der Waals surface area contributed by atoms with Crippen molar-refractivity contribution in [2.75, 3.05) is 0 Å². The molecular formula is C63H45N3Si2. The van der Waals surface area contributed by atoms with Crippen molar-refractivity contribution >= 4 is 101 Å². The minimum absolute atomic E-state index is 0.987. The molecule has 0 spiro atoms. The van der Waals surface area contributed by atoms with Crippen molar-refractivity contribution in [2.24, 2.45) is 0 Å². The van der Waals surface area contributed by atoms with Gasteiger partial charge in [-0.3, -0.25) is 15.0 Å². The monoisotopic (exact) mass is 899 g/mol. The molecule has 0 unspecified atom stereocenters. The summed E-state index contributed by atoms with van der Waals surface area (Å²) in [6.07, 6.45) is 3.87. The van der Waals surface area contributed by atoms with E-state index in [1.165, 1.54) is 102 Å². The second-order valence-corrected chi connectivity index (χ2v) is 25.6. The molecule has 0 amide bonds. The van der Waals surface area contributed by atoms with E-state index in [0.717, 1.165) is 16.7 Å². The van der Waals surface area contributed by atoms with E-state index in [-0.39, 0.29) is 0 Å². The highest BCUT2D eigenvalue weighted by molar-refractivity contribution is 7.24. The molecule has 0 saturated carbocycles. The largest absolute Gasteiger partial charge is 0.264 e. The number of rotatable bonds is 4. The van der Waals surface area contributed by atoms with E-state index >= 15 is 0 Å². The van der Waals surface area contributed by atoms with Crippen LogP contribution < -0.4 is 41.6 Å². The van der Waals surface area contributed by atoms with Crippen LogP contribution in [0.3, 0.4) is 0 Å². The van der Waals surface area contributed by atoms with Crippen molar-refractivity contribution < 1.29 is 0 Å². The molecule has 0 aliphatic carbocycles. The molecule has 2 aliphatic rings. The number of hydrogen-bond donors (Lipinski definition) is 0. The predicted octanol–water partition coefficient (Wildman–Crippen LogP) is 9.50. The van der Waals surface area contributed by atoms with Crippen LogP contribution in [0, 0.1) is 13.8 Å². The lowest BCUT2D eigenvalue weighted by molar-refractivity contribution is 1.26. The summed E-state index contributed by atoms with van der Waals surface area (Å²) in [6.45, 7) is 4.26. The maximum atomic E-state index is 5.17. The van der Waals surface area contributed by atoms with Crippen LogP contribution in [0.2, 0.25) is 0 Å². The highest BCUT2D eigenvalue weighted by Crippen LogP contribution is 2.40. The maximum Gasteiger partial charge on any atom is 0.203 e. The molecule has 0 radical (unpaired) electrons. The molecule has 0 bridgehead atoms. The first-order valence-electron chi connectivity index (χ1n) is 23.5. The lowest BCUT2D eigenvalue weighted by Gasteiger charge is -2.32. The van der Waals surface area contributed by atoms with E-state index in [4.69, 9.17) is 15.0 Å². The molecule has 0 N–H and O–H groups in total. The SMILES string of the molecule is Cc1ccc2c3c(c4ccccc4c2c1)-c1cccnc1[Si]3(c1ccccc1)c1ccccc1.Cc1ccc2c3c(c4cccnc4c2n1)-c1ccccc1[Si]3(c1ccccc1)c1ccccc1. The molecule has 9 aromatic carbocycles. The highest BCUT2D eigenvalue weighted by atomic mass is 28.3. The van der Waals surface area contributed by atoms with Crippen LogP contribution in [-0.4, -0.2) is 31.1 Å². The third kappa shape index (κ3) is 5.67. The lowest BCUT2D eigenvalue weighted by atomic mass is 9.93. The van der Waals surface area contributed by atoms with E-state index in [2.05, 4.69) is 238 Å². The van der Waals surface area contributed by atoms with Crippen molar-refractivity contribution in [1.82, 2.24) is 15.0 Å². The minimum atomic E-state index is -2.64. The summed E-state index contributed by atoms with van der Waals surface area (Å²) in [6, 6.07) is 82.5. The number of aromatic nitrogens is 3. The first kappa shape index (κ1) is 40.2. The Hall–Kier alpha value is -8.10. The van der Waals surface area contributed by atoms with E-state index < -0.39 is 16.1 Å². The Balaban J connectivity index is 0.000000134. The standard InChI is InChI=1S/C32H23NSi.C31H22N2Si/c1-22-18-19-27-29(21-22)25-15-8-9-16-26(25)30-28-17-10-20-33-32(28)34(31(27)30,23-11-4-2-5-12-23)24-13-6-3-7-14-24;1-21-18-19-26-30(33-21)29-25(16-10-20-32-29)28-24-15-8-9-17-27(24)34(31(26)28,22-11-4-2-5-12-22)23-13-6-3-7-14-23/h2-21H,1H3;2-20H,1H3. The molecule has 5 heteroatoms. The Morgan fingerprint density at radius 1 is 0.338 bits per heavy atom. The number of fused-ring (bicyclic) bond motifs is 16. The van der Waals surface area contributed by atoms with Crippen molar-refractivity contribution in [3.63, 3.8) is 0 Å². The van der Waals surface area contributed by atoms with Gasteiger partial charge in [0, 0.05) is 39.7 Å². The average Bonchev–Trinajstić information content (AvgIpc) is 3.90. The Morgan fingerprint density at radius 3 is 1.51 bits per heavy atom. The lowest BCUT2D eigenvalue weighted by Crippen LogP contribution is -2.73. The molecule has 2 aliphatic heterocycles. The van der Waals surface area contributed by atoms with E-state index in [1.807, 2.05) is 12.4 Å². The van der Waals surface area contributed by atoms with Crippen LogP contribution in [0.5, 0.6) is 0 Å². The van der Waals surface area contributed by atoms with Gasteiger partial charge in [-0.15, -0.1) is 0 Å². The third-order valence-electron chi connectivity index (χ3n) is 14.6. The third-order valence-corrected chi connectivity index (χ3v) is 24.3. The van der Waals surface area contributed by atoms with Gasteiger partial charge in [0.2, 0.25) is 8.07 Å². The second kappa shape index (κ2) is 15.8. The summed E-state index contributed by atoms with van der Waals surface area (Å²) in [7, 11) is -5.23. The maximum absolute atomic E-state index is 5.17. The van der Waals surface area contributed by atoms with Gasteiger partial charge >= 0.3 is 0 Å². The quantitative estimate of drug-likeness (QED) is 0.131. The number of pyridine rings is 3. The summed E-state index contributed by atoms with van der Waals surface area (Å²) in [5.41, 5.74) is 9.62. The van der Waals surface area contributed by atoms with Crippen molar-refractivity contribution in [2.45, 2.75) is 13.8 Å². The Morgan fingerprint density at radius 2 is 0.838 bits per heavy atom. The van der Waals surface area contributed by atoms with Crippen LogP contribution in [0.4, 0.5) is 0 Å². The van der Waals surface area contributed by atoms with Gasteiger partial charge in [0.15, 0.2) is 8.07 Å². The van der Waals surface area contributed by atoms with Gasteiger partial charge < -0.3 is 0 Å². The number of nitrogens with zero attached hydrogens (tertiary/aromatic N) is 3. The van der Waals surface area contributed by atoms with E-state index in [0.29, 0.717) is 0 Å². The molecule has 0 atom stereocenters. The van der Waals surface area contributed by atoms with Crippen LogP contribution in [0.25, 0.3) is 65.6 Å². The topological polar surface area (TPSA) is 38.7 Å². The van der Waals surface area contributed by atoms with Crippen molar-refractivity contribution in [3.05, 3.63) is 248 Å². The predicted molar refractivity (Wildman–Crippen MR) is 291 cm³/mol. The van der Waals surface area contributed by atoms with Crippen molar-refractivity contribution in [1.29, 1.82) is 0 Å². The second-order valence-electron chi connectivity index (χ2n) is 18.3. The fourth-order valence-electron chi connectivity index (χ4n) is 12.1. The van der Waals surface area contributed by atoms with Gasteiger partial charge in [0.25, 0.3) is 0 Å². The zero-order chi connectivity index (χ0) is 45.4. The molecule has 68 heavy (non-hydrogen) atoms. The molecule has 3 aromatic heterocycles. The van der Waals surface area contributed by atoms with E-state index in [9.17, 15) is 0 Å². The molecule has 14 rings (SSSR count). The van der Waals surface area contributed by atoms with Gasteiger partial charge in [-0.2, -0.15) is 0 Å². The number of aryl methyl sites for hydroxylation is 2. The molecule has 5 heterocycles.